The number of aromatic amines is 1. The maximum atomic E-state index is 14.0. The van der Waals surface area contributed by atoms with E-state index in [1.54, 1.807) is 18.2 Å². The van der Waals surface area contributed by atoms with Crippen molar-refractivity contribution >= 4 is 30.7 Å². The summed E-state index contributed by atoms with van der Waals surface area (Å²) >= 11 is 0. The summed E-state index contributed by atoms with van der Waals surface area (Å²) < 4.78 is 14.0. The molecule has 160 valence electrons. The van der Waals surface area contributed by atoms with E-state index >= 15 is 0 Å². The molecule has 2 heterocycles. The number of β-amino-alcohol motifs (C(OH)–C–C–N with tert-alkyl or cyclic N) is 1. The second-order valence-corrected chi connectivity index (χ2v) is 6.91. The molecule has 1 aliphatic rings. The lowest BCUT2D eigenvalue weighted by molar-refractivity contribution is 0.0288. The van der Waals surface area contributed by atoms with Gasteiger partial charge in [-0.25, -0.2) is 4.39 Å². The van der Waals surface area contributed by atoms with Gasteiger partial charge in [-0.15, -0.1) is 24.8 Å². The molecule has 6 nitrogen and oxygen atoms in total. The highest BCUT2D eigenvalue weighted by Gasteiger charge is 2.43. The molecule has 0 radical (unpaired) electrons. The Hall–Kier alpha value is -2.45. The summed E-state index contributed by atoms with van der Waals surface area (Å²) in [5, 5.41) is 23.6. The predicted molar refractivity (Wildman–Crippen MR) is 118 cm³/mol. The minimum atomic E-state index is -0.910. The Morgan fingerprint density at radius 3 is 2.53 bits per heavy atom. The summed E-state index contributed by atoms with van der Waals surface area (Å²) in [6, 6.07) is 17.2. The SMILES string of the molecule is Cl.Cl.O=C(N[C@]1(c2ccccc2)CCNC[C@H]1O)c1cc(-c2ccccc2F)n[nH]1. The van der Waals surface area contributed by atoms with Gasteiger partial charge in [-0.2, -0.15) is 5.10 Å². The van der Waals surface area contributed by atoms with Crippen LogP contribution in [0.15, 0.2) is 60.7 Å². The van der Waals surface area contributed by atoms with Crippen LogP contribution in [0.1, 0.15) is 22.5 Å². The van der Waals surface area contributed by atoms with Crippen molar-refractivity contribution in [2.24, 2.45) is 0 Å². The van der Waals surface area contributed by atoms with Crippen LogP contribution < -0.4 is 10.6 Å². The topological polar surface area (TPSA) is 90.0 Å². The molecule has 30 heavy (non-hydrogen) atoms. The van der Waals surface area contributed by atoms with Crippen molar-refractivity contribution in [2.45, 2.75) is 18.1 Å². The molecule has 1 aromatic heterocycles. The first-order valence-corrected chi connectivity index (χ1v) is 9.17. The zero-order valence-electron chi connectivity index (χ0n) is 16.0. The highest BCUT2D eigenvalue weighted by Crippen LogP contribution is 2.31. The van der Waals surface area contributed by atoms with Crippen LogP contribution >= 0.6 is 24.8 Å². The van der Waals surface area contributed by atoms with Gasteiger partial charge >= 0.3 is 0 Å². The van der Waals surface area contributed by atoms with E-state index in [-0.39, 0.29) is 30.5 Å². The number of nitrogens with zero attached hydrogens (tertiary/aromatic N) is 1. The third kappa shape index (κ3) is 4.49. The standard InChI is InChI=1S/C21H21FN4O2.2ClH/c22-16-9-5-4-8-15(16)17-12-18(26-25-17)20(28)24-21(10-11-23-13-19(21)27)14-6-2-1-3-7-14;;/h1-9,12,19,23,27H,10-11,13H2,(H,24,28)(H,25,26);2*1H/t19-,21+;;/m1../s1. The average molecular weight is 453 g/mol. The van der Waals surface area contributed by atoms with E-state index in [1.807, 2.05) is 30.3 Å². The fourth-order valence-electron chi connectivity index (χ4n) is 3.67. The second kappa shape index (κ2) is 10.0. The number of H-pyrrole nitrogens is 1. The number of piperidine rings is 1. The molecule has 0 bridgehead atoms. The van der Waals surface area contributed by atoms with Crippen LogP contribution in [0, 0.1) is 5.82 Å². The number of rotatable bonds is 4. The molecular formula is C21H23Cl2FN4O2. The number of carbonyl (C=O) groups excluding carboxylic acids is 1. The first-order valence-electron chi connectivity index (χ1n) is 9.17. The van der Waals surface area contributed by atoms with Gasteiger partial charge in [-0.1, -0.05) is 42.5 Å². The minimum absolute atomic E-state index is 0. The van der Waals surface area contributed by atoms with Crippen LogP contribution in [0.2, 0.25) is 0 Å². The van der Waals surface area contributed by atoms with Gasteiger partial charge in [-0.3, -0.25) is 9.89 Å². The molecule has 1 amide bonds. The normalized spacial score (nSPS) is 20.5. The third-order valence-corrected chi connectivity index (χ3v) is 5.20. The zero-order valence-corrected chi connectivity index (χ0v) is 17.6. The summed E-state index contributed by atoms with van der Waals surface area (Å²) in [5.41, 5.74) is 0.804. The smallest absolute Gasteiger partial charge is 0.270 e. The lowest BCUT2D eigenvalue weighted by atomic mass is 9.79. The quantitative estimate of drug-likeness (QED) is 0.489. The molecule has 1 fully saturated rings. The Balaban J connectivity index is 0.00000160. The van der Waals surface area contributed by atoms with Crippen molar-refractivity contribution in [3.63, 3.8) is 0 Å². The number of aliphatic hydroxyl groups is 1. The van der Waals surface area contributed by atoms with Gasteiger partial charge in [0.25, 0.3) is 5.91 Å². The highest BCUT2D eigenvalue weighted by molar-refractivity contribution is 5.94. The molecule has 0 saturated carbocycles. The summed E-state index contributed by atoms with van der Waals surface area (Å²) in [4.78, 5) is 13.0. The molecule has 4 N–H and O–H groups in total. The fraction of sp³-hybridized carbons (Fsp3) is 0.238. The monoisotopic (exact) mass is 452 g/mol. The number of aliphatic hydroxyl groups excluding tert-OH is 1. The molecule has 0 spiro atoms. The number of benzene rings is 2. The maximum absolute atomic E-state index is 14.0. The molecule has 1 saturated heterocycles. The number of hydrogen-bond acceptors (Lipinski definition) is 4. The van der Waals surface area contributed by atoms with Gasteiger partial charge in [0.2, 0.25) is 0 Å². The van der Waals surface area contributed by atoms with E-state index in [1.165, 1.54) is 12.1 Å². The minimum Gasteiger partial charge on any atom is -0.389 e. The Morgan fingerprint density at radius 2 is 1.83 bits per heavy atom. The highest BCUT2D eigenvalue weighted by atomic mass is 35.5. The predicted octanol–water partition coefficient (Wildman–Crippen LogP) is 3.04. The second-order valence-electron chi connectivity index (χ2n) is 6.91. The van der Waals surface area contributed by atoms with E-state index in [4.69, 9.17) is 0 Å². The Labute approximate surface area is 186 Å². The van der Waals surface area contributed by atoms with E-state index in [2.05, 4.69) is 20.8 Å². The summed E-state index contributed by atoms with van der Waals surface area (Å²) in [6.45, 7) is 1.04. The molecule has 1 aliphatic heterocycles. The number of hydrogen-bond donors (Lipinski definition) is 4. The number of aromatic nitrogens is 2. The molecule has 0 unspecified atom stereocenters. The van der Waals surface area contributed by atoms with Crippen LogP contribution in [-0.4, -0.2) is 40.4 Å². The maximum Gasteiger partial charge on any atom is 0.270 e. The van der Waals surface area contributed by atoms with E-state index in [0.717, 1.165) is 5.56 Å². The van der Waals surface area contributed by atoms with Gasteiger partial charge in [0.15, 0.2) is 0 Å². The van der Waals surface area contributed by atoms with Crippen LogP contribution in [0.5, 0.6) is 0 Å². The largest absolute Gasteiger partial charge is 0.389 e. The summed E-state index contributed by atoms with van der Waals surface area (Å²) in [6.07, 6.45) is -0.250. The van der Waals surface area contributed by atoms with Crippen molar-refractivity contribution in [1.29, 1.82) is 0 Å². The lowest BCUT2D eigenvalue weighted by Gasteiger charge is -2.42. The Kier molecular flexibility index (Phi) is 7.97. The number of carbonyl (C=O) groups is 1. The van der Waals surface area contributed by atoms with E-state index in [0.29, 0.717) is 30.8 Å². The van der Waals surface area contributed by atoms with E-state index in [9.17, 15) is 14.3 Å². The van der Waals surface area contributed by atoms with Crippen LogP contribution in [0.25, 0.3) is 11.3 Å². The van der Waals surface area contributed by atoms with Gasteiger partial charge in [0.1, 0.15) is 11.5 Å². The summed E-state index contributed by atoms with van der Waals surface area (Å²) in [5.74, 6) is -0.810. The Morgan fingerprint density at radius 1 is 1.13 bits per heavy atom. The molecular weight excluding hydrogens is 430 g/mol. The van der Waals surface area contributed by atoms with Gasteiger partial charge in [0, 0.05) is 12.1 Å². The number of nitrogens with one attached hydrogen (secondary N) is 3. The van der Waals surface area contributed by atoms with Crippen molar-refractivity contribution in [1.82, 2.24) is 20.8 Å². The lowest BCUT2D eigenvalue weighted by Crippen LogP contribution is -2.61. The molecule has 2 atom stereocenters. The molecule has 9 heteroatoms. The summed E-state index contributed by atoms with van der Waals surface area (Å²) in [7, 11) is 0. The third-order valence-electron chi connectivity index (χ3n) is 5.20. The van der Waals surface area contributed by atoms with Crippen LogP contribution in [0.3, 0.4) is 0 Å². The average Bonchev–Trinajstić information content (AvgIpc) is 3.21. The van der Waals surface area contributed by atoms with Gasteiger partial charge < -0.3 is 15.7 Å². The zero-order chi connectivity index (χ0) is 19.6. The first-order chi connectivity index (χ1) is 13.6. The van der Waals surface area contributed by atoms with Crippen molar-refractivity contribution < 1.29 is 14.3 Å². The van der Waals surface area contributed by atoms with Crippen molar-refractivity contribution in [2.75, 3.05) is 13.1 Å². The Bertz CT molecular complexity index is 986. The molecule has 0 aliphatic carbocycles. The van der Waals surface area contributed by atoms with Crippen molar-refractivity contribution in [3.05, 3.63) is 77.7 Å². The molecule has 3 aromatic rings. The van der Waals surface area contributed by atoms with Crippen LogP contribution in [0.4, 0.5) is 4.39 Å². The van der Waals surface area contributed by atoms with Crippen LogP contribution in [-0.2, 0) is 5.54 Å². The number of amides is 1. The number of halogens is 3. The van der Waals surface area contributed by atoms with Crippen molar-refractivity contribution in [3.8, 4) is 11.3 Å². The first kappa shape index (κ1) is 23.8. The van der Waals surface area contributed by atoms with Gasteiger partial charge in [-0.05, 0) is 36.7 Å². The fourth-order valence-corrected chi connectivity index (χ4v) is 3.67. The molecule has 2 aromatic carbocycles. The molecule has 4 rings (SSSR count). The van der Waals surface area contributed by atoms with E-state index < -0.39 is 23.4 Å². The van der Waals surface area contributed by atoms with Gasteiger partial charge in [0.05, 0.1) is 17.3 Å².